The Hall–Kier alpha value is -2.64. The van der Waals surface area contributed by atoms with Gasteiger partial charge in [-0.1, -0.05) is 79.7 Å². The second-order valence-corrected chi connectivity index (χ2v) is 8.50. The topological polar surface area (TPSA) is 76.9 Å². The summed E-state index contributed by atoms with van der Waals surface area (Å²) in [7, 11) is 1.84. The highest BCUT2D eigenvalue weighted by molar-refractivity contribution is 7.99. The minimum Gasteiger partial charge on any atom is -0.342 e. The second kappa shape index (κ2) is 9.91. The van der Waals surface area contributed by atoms with Crippen molar-refractivity contribution in [1.29, 1.82) is 0 Å². The lowest BCUT2D eigenvalue weighted by atomic mass is 10.0. The van der Waals surface area contributed by atoms with Gasteiger partial charge in [0.05, 0.1) is 22.4 Å². The third-order valence-electron chi connectivity index (χ3n) is 4.65. The molecule has 1 atom stereocenters. The Bertz CT molecular complexity index is 1040. The summed E-state index contributed by atoms with van der Waals surface area (Å²) in [5.74, 6) is 0.713. The monoisotopic (exact) mass is 442 g/mol. The number of aromatic nitrogens is 3. The van der Waals surface area contributed by atoms with E-state index in [4.69, 9.17) is 11.6 Å². The Labute approximate surface area is 185 Å². The fraction of sp³-hybridized carbons (Fsp3) is 0.273. The van der Waals surface area contributed by atoms with E-state index in [1.165, 1.54) is 11.8 Å². The minimum absolute atomic E-state index is 0.0255. The number of benzene rings is 2. The van der Waals surface area contributed by atoms with E-state index < -0.39 is 0 Å². The zero-order valence-electron chi connectivity index (χ0n) is 17.0. The molecule has 0 fully saturated rings. The van der Waals surface area contributed by atoms with Gasteiger partial charge in [-0.2, -0.15) is 0 Å². The standard InChI is InChI=1S/C22H23ClN4O2S/c1-14(2)19(24-21(29)16-11-7-8-12-17(16)23)20-25-26-22(27(20)3)30-13-18(28)15-9-5-4-6-10-15/h4-12,14,19H,13H2,1-3H3,(H,24,29)/t19-/m1/s1. The summed E-state index contributed by atoms with van der Waals surface area (Å²) in [6.45, 7) is 4.00. The van der Waals surface area contributed by atoms with Crippen LogP contribution in [0.15, 0.2) is 59.8 Å². The van der Waals surface area contributed by atoms with E-state index >= 15 is 0 Å². The lowest BCUT2D eigenvalue weighted by Gasteiger charge is -2.22. The molecule has 0 saturated carbocycles. The molecule has 1 amide bonds. The fourth-order valence-corrected chi connectivity index (χ4v) is 3.99. The molecule has 2 aromatic carbocycles. The van der Waals surface area contributed by atoms with Crippen molar-refractivity contribution >= 4 is 35.1 Å². The number of carbonyl (C=O) groups excluding carboxylic acids is 2. The van der Waals surface area contributed by atoms with Crippen LogP contribution in [0.4, 0.5) is 0 Å². The van der Waals surface area contributed by atoms with E-state index in [0.29, 0.717) is 27.1 Å². The molecule has 3 aromatic rings. The predicted molar refractivity (Wildman–Crippen MR) is 119 cm³/mol. The van der Waals surface area contributed by atoms with Crippen molar-refractivity contribution in [2.45, 2.75) is 25.0 Å². The minimum atomic E-state index is -0.356. The number of halogens is 1. The number of nitrogens with one attached hydrogen (secondary N) is 1. The third-order valence-corrected chi connectivity index (χ3v) is 6.00. The molecule has 0 saturated heterocycles. The number of carbonyl (C=O) groups is 2. The Balaban J connectivity index is 1.73. The Morgan fingerprint density at radius 3 is 2.40 bits per heavy atom. The van der Waals surface area contributed by atoms with Crippen LogP contribution >= 0.6 is 23.4 Å². The first-order valence-corrected chi connectivity index (χ1v) is 10.9. The van der Waals surface area contributed by atoms with Crippen molar-refractivity contribution in [3.05, 3.63) is 76.6 Å². The van der Waals surface area contributed by atoms with E-state index in [1.807, 2.05) is 43.7 Å². The molecule has 1 aromatic heterocycles. The van der Waals surface area contributed by atoms with Gasteiger partial charge in [-0.3, -0.25) is 9.59 Å². The van der Waals surface area contributed by atoms with Crippen molar-refractivity contribution in [1.82, 2.24) is 20.1 Å². The first kappa shape index (κ1) is 22.1. The van der Waals surface area contributed by atoms with E-state index in [-0.39, 0.29) is 29.4 Å². The zero-order chi connectivity index (χ0) is 21.7. The lowest BCUT2D eigenvalue weighted by Crippen LogP contribution is -2.33. The third kappa shape index (κ3) is 5.09. The number of amides is 1. The van der Waals surface area contributed by atoms with E-state index in [9.17, 15) is 9.59 Å². The van der Waals surface area contributed by atoms with Crippen LogP contribution < -0.4 is 5.32 Å². The average Bonchev–Trinajstić information content (AvgIpc) is 3.10. The van der Waals surface area contributed by atoms with Gasteiger partial charge in [-0.15, -0.1) is 10.2 Å². The van der Waals surface area contributed by atoms with Gasteiger partial charge in [0.1, 0.15) is 0 Å². The van der Waals surface area contributed by atoms with Crippen molar-refractivity contribution in [3.8, 4) is 0 Å². The molecule has 0 aliphatic carbocycles. The van der Waals surface area contributed by atoms with Gasteiger partial charge in [-0.25, -0.2) is 0 Å². The first-order valence-electron chi connectivity index (χ1n) is 9.54. The quantitative estimate of drug-likeness (QED) is 0.408. The molecule has 0 aliphatic rings. The number of nitrogens with zero attached hydrogens (tertiary/aromatic N) is 3. The van der Waals surface area contributed by atoms with Crippen LogP contribution in [0.2, 0.25) is 5.02 Å². The van der Waals surface area contributed by atoms with Gasteiger partial charge in [0.2, 0.25) is 0 Å². The largest absolute Gasteiger partial charge is 0.342 e. The van der Waals surface area contributed by atoms with Gasteiger partial charge < -0.3 is 9.88 Å². The predicted octanol–water partition coefficient (Wildman–Crippen LogP) is 4.57. The highest BCUT2D eigenvalue weighted by atomic mass is 35.5. The number of hydrogen-bond acceptors (Lipinski definition) is 5. The molecule has 0 aliphatic heterocycles. The van der Waals surface area contributed by atoms with Crippen LogP contribution in [0.3, 0.4) is 0 Å². The molecule has 0 spiro atoms. The number of ketones is 1. The van der Waals surface area contributed by atoms with Crippen molar-refractivity contribution in [2.24, 2.45) is 13.0 Å². The molecule has 0 radical (unpaired) electrons. The normalized spacial score (nSPS) is 12.0. The van der Waals surface area contributed by atoms with Crippen LogP contribution in [0.1, 0.15) is 46.4 Å². The summed E-state index contributed by atoms with van der Waals surface area (Å²) in [6.07, 6.45) is 0. The number of hydrogen-bond donors (Lipinski definition) is 1. The van der Waals surface area contributed by atoms with Crippen molar-refractivity contribution in [2.75, 3.05) is 5.75 Å². The Morgan fingerprint density at radius 2 is 1.73 bits per heavy atom. The molecule has 6 nitrogen and oxygen atoms in total. The van der Waals surface area contributed by atoms with Gasteiger partial charge in [0.25, 0.3) is 5.91 Å². The molecule has 0 unspecified atom stereocenters. The smallest absolute Gasteiger partial charge is 0.253 e. The first-order chi connectivity index (χ1) is 14.4. The molecule has 30 heavy (non-hydrogen) atoms. The summed E-state index contributed by atoms with van der Waals surface area (Å²) in [6, 6.07) is 15.7. The van der Waals surface area contributed by atoms with Crippen LogP contribution in [-0.4, -0.2) is 32.2 Å². The summed E-state index contributed by atoms with van der Waals surface area (Å²) in [4.78, 5) is 25.1. The number of rotatable bonds is 8. The van der Waals surface area contributed by atoms with Crippen LogP contribution in [0.5, 0.6) is 0 Å². The lowest BCUT2D eigenvalue weighted by molar-refractivity contribution is 0.0921. The van der Waals surface area contributed by atoms with E-state index in [2.05, 4.69) is 15.5 Å². The molecule has 1 heterocycles. The van der Waals surface area contributed by atoms with Gasteiger partial charge in [0, 0.05) is 12.6 Å². The highest BCUT2D eigenvalue weighted by Gasteiger charge is 2.26. The second-order valence-electron chi connectivity index (χ2n) is 7.15. The highest BCUT2D eigenvalue weighted by Crippen LogP contribution is 2.25. The van der Waals surface area contributed by atoms with Gasteiger partial charge >= 0.3 is 0 Å². The molecular formula is C22H23ClN4O2S. The molecular weight excluding hydrogens is 420 g/mol. The van der Waals surface area contributed by atoms with Crippen LogP contribution in [0, 0.1) is 5.92 Å². The molecule has 156 valence electrons. The Morgan fingerprint density at radius 1 is 1.07 bits per heavy atom. The average molecular weight is 443 g/mol. The molecule has 3 rings (SSSR count). The number of thioether (sulfide) groups is 1. The zero-order valence-corrected chi connectivity index (χ0v) is 18.6. The van der Waals surface area contributed by atoms with Crippen LogP contribution in [0.25, 0.3) is 0 Å². The molecule has 0 bridgehead atoms. The molecule has 8 heteroatoms. The maximum atomic E-state index is 12.7. The van der Waals surface area contributed by atoms with E-state index in [0.717, 1.165) is 0 Å². The summed E-state index contributed by atoms with van der Waals surface area (Å²) < 4.78 is 1.82. The number of Topliss-reactive ketones (excluding diaryl/α,β-unsaturated/α-hetero) is 1. The fourth-order valence-electron chi connectivity index (χ4n) is 2.95. The van der Waals surface area contributed by atoms with Gasteiger partial charge in [0.15, 0.2) is 16.8 Å². The van der Waals surface area contributed by atoms with E-state index in [1.54, 1.807) is 36.4 Å². The molecule has 1 N–H and O–H groups in total. The summed E-state index contributed by atoms with van der Waals surface area (Å²) in [5, 5.41) is 12.5. The van der Waals surface area contributed by atoms with Crippen molar-refractivity contribution < 1.29 is 9.59 Å². The summed E-state index contributed by atoms with van der Waals surface area (Å²) >= 11 is 7.48. The summed E-state index contributed by atoms with van der Waals surface area (Å²) in [5.41, 5.74) is 1.08. The Kier molecular flexibility index (Phi) is 7.29. The van der Waals surface area contributed by atoms with Crippen LogP contribution in [-0.2, 0) is 7.05 Å². The SMILES string of the molecule is CC(C)[C@@H](NC(=O)c1ccccc1Cl)c1nnc(SCC(=O)c2ccccc2)n1C. The van der Waals surface area contributed by atoms with Gasteiger partial charge in [-0.05, 0) is 18.1 Å². The maximum Gasteiger partial charge on any atom is 0.253 e. The van der Waals surface area contributed by atoms with Crippen molar-refractivity contribution in [3.63, 3.8) is 0 Å². The maximum absolute atomic E-state index is 12.7.